The van der Waals surface area contributed by atoms with Crippen LogP contribution < -0.4 is 14.8 Å². The molecule has 1 aromatic rings. The van der Waals surface area contributed by atoms with Gasteiger partial charge in [-0.05, 0) is 57.5 Å². The Balaban J connectivity index is 0.00000312. The summed E-state index contributed by atoms with van der Waals surface area (Å²) in [7, 11) is -1.85. The second-order valence-corrected chi connectivity index (χ2v) is 7.92. The third-order valence-corrected chi connectivity index (χ3v) is 5.51. The molecule has 2 rings (SSSR count). The molecule has 0 radical (unpaired) electrons. The summed E-state index contributed by atoms with van der Waals surface area (Å²) in [6.07, 6.45) is 3.80. The van der Waals surface area contributed by atoms with Crippen LogP contribution in [0.25, 0.3) is 0 Å². The summed E-state index contributed by atoms with van der Waals surface area (Å²) in [6.45, 7) is 2.15. The smallest absolute Gasteiger partial charge is 0.244 e. The topological polar surface area (TPSA) is 76.7 Å². The molecule has 0 saturated carbocycles. The number of sulfonamides is 1. The molecule has 1 unspecified atom stereocenters. The highest BCUT2D eigenvalue weighted by atomic mass is 35.5. The van der Waals surface area contributed by atoms with Crippen LogP contribution in [0.2, 0.25) is 5.02 Å². The quantitative estimate of drug-likeness (QED) is 0.609. The molecule has 144 valence electrons. The van der Waals surface area contributed by atoms with Gasteiger partial charge in [-0.3, -0.25) is 0 Å². The van der Waals surface area contributed by atoms with Crippen LogP contribution in [0, 0.1) is 0 Å². The number of nitrogens with one attached hydrogen (secondary N) is 2. The van der Waals surface area contributed by atoms with Gasteiger partial charge in [0.15, 0.2) is 0 Å². The lowest BCUT2D eigenvalue weighted by molar-refractivity contribution is -0.0116. The molecule has 1 heterocycles. The van der Waals surface area contributed by atoms with Crippen LogP contribution in [-0.4, -0.2) is 47.9 Å². The maximum Gasteiger partial charge on any atom is 0.244 e. The van der Waals surface area contributed by atoms with Crippen molar-refractivity contribution < 1.29 is 17.9 Å². The Morgan fingerprint density at radius 1 is 1.32 bits per heavy atom. The molecule has 2 N–H and O–H groups in total. The van der Waals surface area contributed by atoms with E-state index in [-0.39, 0.29) is 23.4 Å². The maximum atomic E-state index is 12.5. The van der Waals surface area contributed by atoms with Gasteiger partial charge >= 0.3 is 0 Å². The van der Waals surface area contributed by atoms with Crippen molar-refractivity contribution in [2.75, 3.05) is 33.4 Å². The van der Waals surface area contributed by atoms with Gasteiger partial charge in [0.2, 0.25) is 10.0 Å². The van der Waals surface area contributed by atoms with E-state index in [1.807, 2.05) is 7.05 Å². The van der Waals surface area contributed by atoms with Gasteiger partial charge in [0, 0.05) is 18.2 Å². The third-order valence-electron chi connectivity index (χ3n) is 3.79. The predicted molar refractivity (Wildman–Crippen MR) is 102 cm³/mol. The molecule has 0 aliphatic carbocycles. The first-order valence-electron chi connectivity index (χ1n) is 8.21. The Morgan fingerprint density at radius 3 is 2.80 bits per heavy atom. The van der Waals surface area contributed by atoms with E-state index in [1.54, 1.807) is 12.1 Å². The van der Waals surface area contributed by atoms with Gasteiger partial charge in [-0.25, -0.2) is 13.1 Å². The SMILES string of the molecule is CNCCCNS(=O)(=O)c1cc(Cl)ccc1OCC1CCCCO1.Cl. The van der Waals surface area contributed by atoms with Crippen molar-refractivity contribution >= 4 is 34.0 Å². The molecule has 1 aliphatic heterocycles. The predicted octanol–water partition coefficient (Wildman–Crippen LogP) is 2.60. The summed E-state index contributed by atoms with van der Waals surface area (Å²) in [4.78, 5) is 0.0651. The molecule has 0 spiro atoms. The summed E-state index contributed by atoms with van der Waals surface area (Å²) in [5.74, 6) is 0.301. The number of hydrogen-bond acceptors (Lipinski definition) is 5. The molecule has 0 bridgehead atoms. The minimum atomic E-state index is -3.67. The average Bonchev–Trinajstić information content (AvgIpc) is 2.58. The van der Waals surface area contributed by atoms with E-state index in [1.165, 1.54) is 6.07 Å². The van der Waals surface area contributed by atoms with Crippen molar-refractivity contribution in [2.24, 2.45) is 0 Å². The van der Waals surface area contributed by atoms with Crippen LogP contribution in [0.3, 0.4) is 0 Å². The minimum Gasteiger partial charge on any atom is -0.489 e. The lowest BCUT2D eigenvalue weighted by Crippen LogP contribution is -2.28. The summed E-state index contributed by atoms with van der Waals surface area (Å²) < 4.78 is 39.0. The Bertz CT molecular complexity index is 623. The molecule has 1 saturated heterocycles. The molecule has 1 atom stereocenters. The van der Waals surface area contributed by atoms with E-state index >= 15 is 0 Å². The van der Waals surface area contributed by atoms with E-state index in [0.717, 1.165) is 32.4 Å². The van der Waals surface area contributed by atoms with Gasteiger partial charge in [0.25, 0.3) is 0 Å². The highest BCUT2D eigenvalue weighted by Crippen LogP contribution is 2.28. The lowest BCUT2D eigenvalue weighted by atomic mass is 10.1. The zero-order chi connectivity index (χ0) is 17.4. The van der Waals surface area contributed by atoms with Gasteiger partial charge in [-0.15, -0.1) is 12.4 Å². The van der Waals surface area contributed by atoms with E-state index in [9.17, 15) is 8.42 Å². The third kappa shape index (κ3) is 7.29. The Kier molecular flexibility index (Phi) is 10.1. The molecule has 9 heteroatoms. The number of hydrogen-bond donors (Lipinski definition) is 2. The second-order valence-electron chi connectivity index (χ2n) is 5.75. The molecule has 1 aliphatic rings. The van der Waals surface area contributed by atoms with Crippen LogP contribution in [0.5, 0.6) is 5.75 Å². The van der Waals surface area contributed by atoms with E-state index in [4.69, 9.17) is 21.1 Å². The fourth-order valence-electron chi connectivity index (χ4n) is 2.48. The van der Waals surface area contributed by atoms with Crippen LogP contribution in [0.1, 0.15) is 25.7 Å². The largest absolute Gasteiger partial charge is 0.489 e. The number of ether oxygens (including phenoxy) is 2. The maximum absolute atomic E-state index is 12.5. The number of halogens is 2. The molecule has 0 amide bonds. The van der Waals surface area contributed by atoms with Crippen LogP contribution >= 0.6 is 24.0 Å². The standard InChI is InChI=1S/C16H25ClN2O4S.ClH/c1-18-8-4-9-19-24(20,21)16-11-13(17)6-7-15(16)23-12-14-5-2-3-10-22-14;/h6-7,11,14,18-19H,2-5,8-10,12H2,1H3;1H. The molecule has 1 aromatic carbocycles. The Labute approximate surface area is 161 Å². The zero-order valence-corrected chi connectivity index (χ0v) is 16.7. The number of rotatable bonds is 9. The second kappa shape index (κ2) is 11.2. The van der Waals surface area contributed by atoms with Gasteiger partial charge < -0.3 is 14.8 Å². The zero-order valence-electron chi connectivity index (χ0n) is 14.3. The summed E-state index contributed by atoms with van der Waals surface area (Å²) in [5, 5.41) is 3.33. The summed E-state index contributed by atoms with van der Waals surface area (Å²) >= 11 is 5.97. The first-order valence-corrected chi connectivity index (χ1v) is 10.1. The fourth-order valence-corrected chi connectivity index (χ4v) is 3.96. The van der Waals surface area contributed by atoms with Crippen molar-refractivity contribution in [2.45, 2.75) is 36.7 Å². The van der Waals surface area contributed by atoms with Gasteiger partial charge in [0.1, 0.15) is 17.3 Å². The van der Waals surface area contributed by atoms with Crippen molar-refractivity contribution in [3.8, 4) is 5.75 Å². The highest BCUT2D eigenvalue weighted by Gasteiger charge is 2.21. The molecule has 6 nitrogen and oxygen atoms in total. The average molecular weight is 413 g/mol. The minimum absolute atomic E-state index is 0. The van der Waals surface area contributed by atoms with Crippen LogP contribution in [0.15, 0.2) is 23.1 Å². The van der Waals surface area contributed by atoms with E-state index < -0.39 is 10.0 Å². The van der Waals surface area contributed by atoms with Crippen molar-refractivity contribution in [1.82, 2.24) is 10.0 Å². The van der Waals surface area contributed by atoms with Crippen molar-refractivity contribution in [1.29, 1.82) is 0 Å². The fraction of sp³-hybridized carbons (Fsp3) is 0.625. The van der Waals surface area contributed by atoms with Crippen LogP contribution in [-0.2, 0) is 14.8 Å². The number of benzene rings is 1. The summed E-state index contributed by atoms with van der Waals surface area (Å²) in [5.41, 5.74) is 0. The van der Waals surface area contributed by atoms with E-state index in [0.29, 0.717) is 30.3 Å². The van der Waals surface area contributed by atoms with E-state index in [2.05, 4.69) is 10.0 Å². The Hall–Kier alpha value is -0.570. The first-order chi connectivity index (χ1) is 11.5. The molecule has 25 heavy (non-hydrogen) atoms. The lowest BCUT2D eigenvalue weighted by Gasteiger charge is -2.23. The Morgan fingerprint density at radius 2 is 2.12 bits per heavy atom. The van der Waals surface area contributed by atoms with Gasteiger partial charge in [-0.1, -0.05) is 11.6 Å². The van der Waals surface area contributed by atoms with Crippen LogP contribution in [0.4, 0.5) is 0 Å². The molecular weight excluding hydrogens is 387 g/mol. The molecular formula is C16H26Cl2N2O4S. The van der Waals surface area contributed by atoms with Crippen molar-refractivity contribution in [3.63, 3.8) is 0 Å². The normalized spacial score (nSPS) is 17.8. The first kappa shape index (κ1) is 22.5. The molecule has 1 fully saturated rings. The van der Waals surface area contributed by atoms with Crippen molar-refractivity contribution in [3.05, 3.63) is 23.2 Å². The molecule has 0 aromatic heterocycles. The summed E-state index contributed by atoms with van der Waals surface area (Å²) in [6, 6.07) is 4.63. The monoisotopic (exact) mass is 412 g/mol. The van der Waals surface area contributed by atoms with Gasteiger partial charge in [-0.2, -0.15) is 0 Å². The highest BCUT2D eigenvalue weighted by molar-refractivity contribution is 7.89. The van der Waals surface area contributed by atoms with Gasteiger partial charge in [0.05, 0.1) is 6.10 Å².